The Morgan fingerprint density at radius 3 is 2.52 bits per heavy atom. The van der Waals surface area contributed by atoms with E-state index in [1.807, 2.05) is 18.2 Å². The third-order valence-corrected chi connectivity index (χ3v) is 17.6. The molecule has 1 amide bonds. The number of nitro groups is 1. The Hall–Kier alpha value is -5.33. The van der Waals surface area contributed by atoms with E-state index < -0.39 is 41.5 Å². The van der Waals surface area contributed by atoms with Crippen LogP contribution in [0.2, 0.25) is 5.02 Å². The first kappa shape index (κ1) is 45.8. The number of nitro benzene ring substituents is 1. The van der Waals surface area contributed by atoms with Crippen LogP contribution in [0.1, 0.15) is 74.7 Å². The number of fused-ring (bicyclic) bond motifs is 1. The number of nitrogens with one attached hydrogen (secondary N) is 3. The van der Waals surface area contributed by atoms with Gasteiger partial charge in [-0.1, -0.05) is 43.2 Å². The predicted molar refractivity (Wildman–Crippen MR) is 263 cm³/mol. The minimum Gasteiger partial charge on any atom is -0.455 e. The SMILES string of the molecule is CC1(C)CCC(CN2CCN(c3ccc(C(=O)NS(=O)(=O)c4ccc(NCC5CC[SH](O)(=NC6CC6)CC5)c([N+](=O)[O-])c4)c(Oc4cnc5[nH]ccc5c4)c3)CC2)=C(c2ccc(Cl)cc2)C1. The first-order valence-electron chi connectivity index (χ1n) is 22.7. The molecule has 0 radical (unpaired) electrons. The summed E-state index contributed by atoms with van der Waals surface area (Å²) in [6.07, 6.45) is 10.1. The molecular formula is C48H57ClN8O7S2. The van der Waals surface area contributed by atoms with Crippen LogP contribution >= 0.6 is 11.6 Å². The molecule has 2 aliphatic heterocycles. The first-order valence-corrected chi connectivity index (χ1v) is 26.6. The number of allylic oxidation sites excluding steroid dienone is 1. The van der Waals surface area contributed by atoms with Crippen LogP contribution in [0.25, 0.3) is 16.6 Å². The molecule has 0 unspecified atom stereocenters. The number of aromatic nitrogens is 2. The van der Waals surface area contributed by atoms with E-state index in [4.69, 9.17) is 16.3 Å². The average Bonchev–Trinajstić information content (AvgIpc) is 3.98. The number of carbonyl (C=O) groups excluding carboxylic acids is 1. The number of thiol groups is 1. The lowest BCUT2D eigenvalue weighted by molar-refractivity contribution is -0.384. The lowest BCUT2D eigenvalue weighted by Crippen LogP contribution is -2.47. The number of carbonyl (C=O) groups is 1. The van der Waals surface area contributed by atoms with Crippen molar-refractivity contribution >= 4 is 71.3 Å². The molecule has 4 N–H and O–H groups in total. The molecule has 2 aromatic heterocycles. The molecule has 4 heterocycles. The molecule has 3 aromatic carbocycles. The molecule has 18 heteroatoms. The number of rotatable bonds is 14. The molecule has 4 aliphatic rings. The number of anilines is 2. The largest absolute Gasteiger partial charge is 0.455 e. The monoisotopic (exact) mass is 956 g/mol. The van der Waals surface area contributed by atoms with Crippen LogP contribution in [0.3, 0.4) is 0 Å². The number of hydrogen-bond acceptors (Lipinski definition) is 11. The van der Waals surface area contributed by atoms with Crippen molar-refractivity contribution in [2.45, 2.75) is 69.7 Å². The Kier molecular flexibility index (Phi) is 13.0. The van der Waals surface area contributed by atoms with Gasteiger partial charge in [-0.2, -0.15) is 0 Å². The van der Waals surface area contributed by atoms with Gasteiger partial charge in [0, 0.05) is 85.2 Å². The number of pyridine rings is 1. The van der Waals surface area contributed by atoms with Crippen LogP contribution in [0, 0.1) is 21.4 Å². The van der Waals surface area contributed by atoms with E-state index in [0.29, 0.717) is 35.5 Å². The van der Waals surface area contributed by atoms with Crippen molar-refractivity contribution in [1.82, 2.24) is 19.6 Å². The van der Waals surface area contributed by atoms with Gasteiger partial charge in [0.05, 0.1) is 27.6 Å². The molecular weight excluding hydrogens is 900 g/mol. The van der Waals surface area contributed by atoms with Gasteiger partial charge in [0.25, 0.3) is 21.6 Å². The molecule has 2 saturated heterocycles. The Labute approximate surface area is 391 Å². The highest BCUT2D eigenvalue weighted by Gasteiger charge is 2.32. The standard InChI is InChI=1S/C48H57ClN8O7S2/c1-48(2)17-13-35(42(28-48)33-3-5-36(49)6-4-33)31-55-19-21-56(22-20-55)38-9-11-41(45(26-38)64-39-25-34-14-18-50-46(34)52-30-39)47(58)54-66(62,63)40-10-12-43(44(27-40)57(59)60)51-29-32-15-23-65(61,24-16-32)53-37-7-8-37/h3-6,9-12,14,18,25-27,30,32,37,51,65H,7-8,13,15-17,19-24,28-29,31H2,1-2H3,(H,50,52)(H,53,61)(H,54,58). The number of piperazine rings is 1. The van der Waals surface area contributed by atoms with E-state index in [9.17, 15) is 27.9 Å². The number of H-pyrrole nitrogens is 1. The van der Waals surface area contributed by atoms with Gasteiger partial charge in [0.2, 0.25) is 0 Å². The third-order valence-electron chi connectivity index (χ3n) is 13.3. The van der Waals surface area contributed by atoms with Crippen molar-refractivity contribution in [1.29, 1.82) is 0 Å². The van der Waals surface area contributed by atoms with Crippen LogP contribution in [0.5, 0.6) is 11.5 Å². The van der Waals surface area contributed by atoms with Gasteiger partial charge in [0.1, 0.15) is 22.8 Å². The zero-order valence-electron chi connectivity index (χ0n) is 37.2. The normalized spacial score (nSPS) is 20.4. The van der Waals surface area contributed by atoms with Crippen LogP contribution in [-0.4, -0.2) is 95.5 Å². The van der Waals surface area contributed by atoms with E-state index in [2.05, 4.69) is 60.1 Å². The number of nitrogens with zero attached hydrogens (tertiary/aromatic N) is 5. The Morgan fingerprint density at radius 2 is 1.79 bits per heavy atom. The zero-order chi connectivity index (χ0) is 46.2. The fraction of sp³-hybridized carbons (Fsp3) is 0.417. The molecule has 0 bridgehead atoms. The van der Waals surface area contributed by atoms with E-state index in [1.54, 1.807) is 30.5 Å². The topological polar surface area (TPSA) is 195 Å². The van der Waals surface area contributed by atoms with Gasteiger partial charge in [-0.15, -0.1) is 10.1 Å². The second-order valence-electron chi connectivity index (χ2n) is 18.9. The highest BCUT2D eigenvalue weighted by molar-refractivity contribution is 7.99. The van der Waals surface area contributed by atoms with Gasteiger partial charge >= 0.3 is 0 Å². The number of sulfonamides is 1. The maximum atomic E-state index is 14.0. The highest BCUT2D eigenvalue weighted by atomic mass is 35.5. The molecule has 0 spiro atoms. The number of amides is 1. The minimum atomic E-state index is -4.59. The maximum Gasteiger partial charge on any atom is 0.293 e. The molecule has 0 atom stereocenters. The van der Waals surface area contributed by atoms with Crippen molar-refractivity contribution in [2.24, 2.45) is 15.7 Å². The van der Waals surface area contributed by atoms with Gasteiger partial charge in [-0.3, -0.25) is 24.2 Å². The summed E-state index contributed by atoms with van der Waals surface area (Å²) in [6.45, 7) is 9.04. The van der Waals surface area contributed by atoms with Gasteiger partial charge in [-0.05, 0) is 116 Å². The van der Waals surface area contributed by atoms with Gasteiger partial charge in [-0.25, -0.2) is 18.1 Å². The van der Waals surface area contributed by atoms with Crippen LogP contribution < -0.4 is 19.7 Å². The van der Waals surface area contributed by atoms with Crippen molar-refractivity contribution in [3.05, 3.63) is 117 Å². The summed E-state index contributed by atoms with van der Waals surface area (Å²) in [5.41, 5.74) is 5.47. The zero-order valence-corrected chi connectivity index (χ0v) is 39.7. The summed E-state index contributed by atoms with van der Waals surface area (Å²) < 4.78 is 51.7. The molecule has 2 aliphatic carbocycles. The molecule has 5 aromatic rings. The summed E-state index contributed by atoms with van der Waals surface area (Å²) in [4.78, 5) is 37.4. The Bertz CT molecular complexity index is 2840. The van der Waals surface area contributed by atoms with Crippen molar-refractivity contribution in [3.8, 4) is 11.5 Å². The lowest BCUT2D eigenvalue weighted by atomic mass is 9.72. The summed E-state index contributed by atoms with van der Waals surface area (Å²) in [7, 11) is -6.85. The fourth-order valence-electron chi connectivity index (χ4n) is 9.30. The molecule has 3 fully saturated rings. The van der Waals surface area contributed by atoms with Crippen LogP contribution in [0.15, 0.2) is 100 Å². The number of hydrogen-bond donors (Lipinski definition) is 5. The second kappa shape index (κ2) is 18.7. The van der Waals surface area contributed by atoms with Gasteiger partial charge < -0.3 is 24.5 Å². The van der Waals surface area contributed by atoms with Crippen LogP contribution in [0.4, 0.5) is 17.1 Å². The smallest absolute Gasteiger partial charge is 0.293 e. The highest BCUT2D eigenvalue weighted by Crippen LogP contribution is 2.44. The Balaban J connectivity index is 0.902. The molecule has 350 valence electrons. The number of benzene rings is 3. The second-order valence-corrected chi connectivity index (χ2v) is 23.9. The lowest BCUT2D eigenvalue weighted by Gasteiger charge is -2.39. The summed E-state index contributed by atoms with van der Waals surface area (Å²) in [5.74, 6) is 0.978. The van der Waals surface area contributed by atoms with Crippen molar-refractivity contribution in [2.75, 3.05) is 61.0 Å². The summed E-state index contributed by atoms with van der Waals surface area (Å²) in [6, 6.07) is 20.7. The fourth-order valence-corrected chi connectivity index (χ4v) is 13.3. The van der Waals surface area contributed by atoms with E-state index in [1.165, 1.54) is 35.0 Å². The van der Waals surface area contributed by atoms with Gasteiger partial charge in [0.15, 0.2) is 0 Å². The molecule has 15 nitrogen and oxygen atoms in total. The first-order chi connectivity index (χ1) is 31.6. The minimum absolute atomic E-state index is 0.0448. The van der Waals surface area contributed by atoms with E-state index in [0.717, 1.165) is 99.8 Å². The molecule has 1 saturated carbocycles. The summed E-state index contributed by atoms with van der Waals surface area (Å²) in [5, 5.41) is 16.9. The molecule has 9 rings (SSSR count). The van der Waals surface area contributed by atoms with Crippen molar-refractivity contribution in [3.63, 3.8) is 0 Å². The van der Waals surface area contributed by atoms with Crippen molar-refractivity contribution < 1.29 is 27.4 Å². The van der Waals surface area contributed by atoms with E-state index in [-0.39, 0.29) is 28.3 Å². The third kappa shape index (κ3) is 10.8. The molecule has 66 heavy (non-hydrogen) atoms. The number of ether oxygens (including phenoxy) is 1. The quantitative estimate of drug-likeness (QED) is 0.0404. The number of halogens is 1. The summed E-state index contributed by atoms with van der Waals surface area (Å²) >= 11 is 6.25. The average molecular weight is 958 g/mol. The van der Waals surface area contributed by atoms with E-state index >= 15 is 0 Å². The predicted octanol–water partition coefficient (Wildman–Crippen LogP) is 9.35. The number of aromatic amines is 1. The maximum absolute atomic E-state index is 14.0. The van der Waals surface area contributed by atoms with Crippen LogP contribution in [-0.2, 0) is 20.1 Å². The Morgan fingerprint density at radius 1 is 1.03 bits per heavy atom.